The number of aryl methyl sites for hydroxylation is 1. The summed E-state index contributed by atoms with van der Waals surface area (Å²) in [5, 5.41) is 17.7. The minimum Gasteiger partial charge on any atom is -0.508 e. The molecule has 5 nitrogen and oxygen atoms in total. The molecule has 1 aliphatic heterocycles. The van der Waals surface area contributed by atoms with Gasteiger partial charge < -0.3 is 14.9 Å². The van der Waals surface area contributed by atoms with Gasteiger partial charge in [-0.05, 0) is 54.7 Å². The maximum Gasteiger partial charge on any atom is 0.233 e. The van der Waals surface area contributed by atoms with Gasteiger partial charge in [0, 0.05) is 28.6 Å². The Morgan fingerprint density at radius 3 is 2.48 bits per heavy atom. The molecule has 1 aliphatic carbocycles. The number of halogens is 1. The number of hydrogen-bond acceptors (Lipinski definition) is 5. The number of fused-ring (bicyclic) bond motifs is 1. The number of carbonyl (C=O) groups excluding carboxylic acids is 1. The van der Waals surface area contributed by atoms with E-state index >= 15 is 0 Å². The Hall–Kier alpha value is -3.05. The molecule has 29 heavy (non-hydrogen) atoms. The van der Waals surface area contributed by atoms with Crippen molar-refractivity contribution in [1.82, 2.24) is 5.16 Å². The van der Waals surface area contributed by atoms with Gasteiger partial charge in [0.1, 0.15) is 5.75 Å². The Kier molecular flexibility index (Phi) is 4.21. The van der Waals surface area contributed by atoms with Crippen LogP contribution in [0.25, 0.3) is 0 Å². The lowest BCUT2D eigenvalue weighted by Crippen LogP contribution is -2.29. The van der Waals surface area contributed by atoms with Gasteiger partial charge in [0.2, 0.25) is 5.88 Å². The number of aromatic hydroxyl groups is 1. The molecule has 0 bridgehead atoms. The third kappa shape index (κ3) is 3.02. The van der Waals surface area contributed by atoms with Crippen LogP contribution in [-0.2, 0) is 4.79 Å². The molecule has 2 aliphatic rings. The molecule has 0 radical (unpaired) electrons. The Labute approximate surface area is 173 Å². The quantitative estimate of drug-likeness (QED) is 0.604. The van der Waals surface area contributed by atoms with E-state index < -0.39 is 0 Å². The average Bonchev–Trinajstić information content (AvgIpc) is 3.08. The van der Waals surface area contributed by atoms with E-state index in [4.69, 9.17) is 16.1 Å². The highest BCUT2D eigenvalue weighted by Crippen LogP contribution is 2.49. The minimum absolute atomic E-state index is 0.0470. The first-order valence-electron chi connectivity index (χ1n) is 9.55. The topological polar surface area (TPSA) is 75.4 Å². The van der Waals surface area contributed by atoms with Crippen LogP contribution < -0.4 is 5.32 Å². The SMILES string of the molecule is Cc1noc2c1[C@@H](c1ccc(Cl)cc1)C1=C(C[C@@H](c3ccc(O)cc3)CC1=O)N2. The minimum atomic E-state index is -0.224. The second kappa shape index (κ2) is 6.78. The van der Waals surface area contributed by atoms with Gasteiger partial charge in [-0.1, -0.05) is 41.0 Å². The highest BCUT2D eigenvalue weighted by molar-refractivity contribution is 6.30. The van der Waals surface area contributed by atoms with E-state index in [2.05, 4.69) is 10.5 Å². The van der Waals surface area contributed by atoms with E-state index in [0.717, 1.165) is 33.7 Å². The number of hydrogen-bond donors (Lipinski definition) is 2. The zero-order chi connectivity index (χ0) is 20.1. The second-order valence-electron chi connectivity index (χ2n) is 7.63. The smallest absolute Gasteiger partial charge is 0.233 e. The van der Waals surface area contributed by atoms with E-state index in [-0.39, 0.29) is 23.4 Å². The molecule has 2 N–H and O–H groups in total. The summed E-state index contributed by atoms with van der Waals surface area (Å²) in [6.45, 7) is 1.89. The number of ketones is 1. The Balaban J connectivity index is 1.61. The number of carbonyl (C=O) groups is 1. The summed E-state index contributed by atoms with van der Waals surface area (Å²) in [6.07, 6.45) is 1.12. The summed E-state index contributed by atoms with van der Waals surface area (Å²) >= 11 is 6.09. The number of nitrogens with one attached hydrogen (secondary N) is 1. The van der Waals surface area contributed by atoms with E-state index in [1.807, 2.05) is 43.3 Å². The third-order valence-corrected chi connectivity index (χ3v) is 6.08. The van der Waals surface area contributed by atoms with Gasteiger partial charge in [-0.25, -0.2) is 0 Å². The summed E-state index contributed by atoms with van der Waals surface area (Å²) in [4.78, 5) is 13.3. The van der Waals surface area contributed by atoms with Crippen LogP contribution in [0.2, 0.25) is 5.02 Å². The number of Topliss-reactive ketones (excluding diaryl/α,β-unsaturated/α-hetero) is 1. The fourth-order valence-corrected chi connectivity index (χ4v) is 4.57. The molecular formula is C23H19ClN2O3. The number of phenols is 1. The maximum atomic E-state index is 13.3. The van der Waals surface area contributed by atoms with Crippen molar-refractivity contribution in [3.05, 3.63) is 87.2 Å². The first-order valence-corrected chi connectivity index (χ1v) is 9.93. The summed E-state index contributed by atoms with van der Waals surface area (Å²) in [5.41, 5.74) is 5.36. The molecule has 2 atom stereocenters. The van der Waals surface area contributed by atoms with Crippen LogP contribution in [0, 0.1) is 6.92 Å². The standard InChI is InChI=1S/C23H19ClN2O3/c1-12-20-21(14-2-6-16(24)7-3-14)22-18(25-23(20)29-26-12)10-15(11-19(22)28)13-4-8-17(27)9-5-13/h2-9,15,21,25,27H,10-11H2,1H3/t15-,21-/m1/s1. The lowest BCUT2D eigenvalue weighted by atomic mass is 9.72. The predicted octanol–water partition coefficient (Wildman–Crippen LogP) is 5.30. The molecule has 5 rings (SSSR count). The highest BCUT2D eigenvalue weighted by Gasteiger charge is 2.41. The molecular weight excluding hydrogens is 388 g/mol. The van der Waals surface area contributed by atoms with Crippen LogP contribution in [0.15, 0.2) is 64.3 Å². The van der Waals surface area contributed by atoms with Crippen LogP contribution in [0.3, 0.4) is 0 Å². The summed E-state index contributed by atoms with van der Waals surface area (Å²) in [6, 6.07) is 14.7. The number of phenolic OH excluding ortho intramolecular Hbond substituents is 1. The second-order valence-corrected chi connectivity index (χ2v) is 8.07. The Bertz CT molecular complexity index is 1130. The fourth-order valence-electron chi connectivity index (χ4n) is 4.44. The largest absolute Gasteiger partial charge is 0.508 e. The van der Waals surface area contributed by atoms with E-state index in [1.165, 1.54) is 0 Å². The molecule has 0 unspecified atom stereocenters. The molecule has 6 heteroatoms. The van der Waals surface area contributed by atoms with Gasteiger partial charge in [-0.15, -0.1) is 0 Å². The van der Waals surface area contributed by atoms with E-state index in [9.17, 15) is 9.90 Å². The van der Waals surface area contributed by atoms with Crippen molar-refractivity contribution < 1.29 is 14.4 Å². The molecule has 2 aromatic carbocycles. The zero-order valence-electron chi connectivity index (χ0n) is 15.8. The number of nitrogens with zero attached hydrogens (tertiary/aromatic N) is 1. The third-order valence-electron chi connectivity index (χ3n) is 5.83. The normalized spacial score (nSPS) is 20.8. The van der Waals surface area contributed by atoms with Gasteiger partial charge in [-0.2, -0.15) is 0 Å². The van der Waals surface area contributed by atoms with Crippen LogP contribution in [0.1, 0.15) is 47.1 Å². The van der Waals surface area contributed by atoms with Crippen molar-refractivity contribution in [2.45, 2.75) is 31.6 Å². The van der Waals surface area contributed by atoms with Gasteiger partial charge in [0.15, 0.2) is 5.78 Å². The lowest BCUT2D eigenvalue weighted by molar-refractivity contribution is -0.116. The zero-order valence-corrected chi connectivity index (χ0v) is 16.5. The average molecular weight is 407 g/mol. The van der Waals surface area contributed by atoms with Crippen molar-refractivity contribution in [2.75, 3.05) is 5.32 Å². The molecule has 0 amide bonds. The number of benzene rings is 2. The van der Waals surface area contributed by atoms with Crippen LogP contribution in [0.5, 0.6) is 5.75 Å². The van der Waals surface area contributed by atoms with Crippen LogP contribution in [-0.4, -0.2) is 16.0 Å². The van der Waals surface area contributed by atoms with Crippen molar-refractivity contribution in [3.63, 3.8) is 0 Å². The first-order chi connectivity index (χ1) is 14.0. The van der Waals surface area contributed by atoms with Crippen molar-refractivity contribution in [1.29, 1.82) is 0 Å². The molecule has 1 aromatic heterocycles. The molecule has 0 spiro atoms. The maximum absolute atomic E-state index is 13.3. The summed E-state index contributed by atoms with van der Waals surface area (Å²) in [7, 11) is 0. The van der Waals surface area contributed by atoms with Gasteiger partial charge in [0.05, 0.1) is 11.3 Å². The van der Waals surface area contributed by atoms with Crippen molar-refractivity contribution in [3.8, 4) is 5.75 Å². The summed E-state index contributed by atoms with van der Waals surface area (Å²) in [5.74, 6) is 0.753. The number of aromatic nitrogens is 1. The number of anilines is 1. The molecule has 0 saturated heterocycles. The molecule has 146 valence electrons. The molecule has 3 aromatic rings. The first kappa shape index (κ1) is 18.0. The predicted molar refractivity (Wildman–Crippen MR) is 110 cm³/mol. The van der Waals surface area contributed by atoms with Crippen LogP contribution in [0.4, 0.5) is 5.88 Å². The Morgan fingerprint density at radius 1 is 1.07 bits per heavy atom. The van der Waals surface area contributed by atoms with E-state index in [1.54, 1.807) is 12.1 Å². The van der Waals surface area contributed by atoms with Gasteiger partial charge >= 0.3 is 0 Å². The van der Waals surface area contributed by atoms with Gasteiger partial charge in [0.25, 0.3) is 0 Å². The lowest BCUT2D eigenvalue weighted by Gasteiger charge is -2.34. The number of allylic oxidation sites excluding steroid dienone is 2. The van der Waals surface area contributed by atoms with E-state index in [0.29, 0.717) is 23.7 Å². The molecule has 0 fully saturated rings. The van der Waals surface area contributed by atoms with Crippen LogP contribution >= 0.6 is 11.6 Å². The molecule has 0 saturated carbocycles. The fraction of sp³-hybridized carbons (Fsp3) is 0.217. The summed E-state index contributed by atoms with van der Waals surface area (Å²) < 4.78 is 5.54. The Morgan fingerprint density at radius 2 is 1.76 bits per heavy atom. The van der Waals surface area contributed by atoms with Crippen molar-refractivity contribution >= 4 is 23.3 Å². The number of rotatable bonds is 2. The van der Waals surface area contributed by atoms with Crippen molar-refractivity contribution in [2.24, 2.45) is 0 Å². The van der Waals surface area contributed by atoms with Gasteiger partial charge in [-0.3, -0.25) is 4.79 Å². The molecule has 2 heterocycles. The monoisotopic (exact) mass is 406 g/mol. The highest BCUT2D eigenvalue weighted by atomic mass is 35.5.